The largest absolute Gasteiger partial charge is 0.374 e. The molecule has 0 bridgehead atoms. The van der Waals surface area contributed by atoms with E-state index in [0.29, 0.717) is 18.6 Å². The van der Waals surface area contributed by atoms with E-state index in [-0.39, 0.29) is 22.5 Å². The Labute approximate surface area is 125 Å². The summed E-state index contributed by atoms with van der Waals surface area (Å²) in [5, 5.41) is 3.52. The Bertz CT molecular complexity index is 446. The van der Waals surface area contributed by atoms with Crippen LogP contribution in [0.1, 0.15) is 38.2 Å². The lowest BCUT2D eigenvalue weighted by atomic mass is 9.87. The second-order valence-corrected chi connectivity index (χ2v) is 5.87. The lowest BCUT2D eigenvalue weighted by Crippen LogP contribution is -2.51. The molecule has 0 saturated heterocycles. The van der Waals surface area contributed by atoms with Crippen LogP contribution in [0.2, 0.25) is 5.02 Å². The highest BCUT2D eigenvalue weighted by molar-refractivity contribution is 6.30. The first-order valence-corrected chi connectivity index (χ1v) is 7.75. The molecule has 2 nitrogen and oxygen atoms in total. The topological polar surface area (TPSA) is 21.3 Å². The average molecular weight is 300 g/mol. The number of rotatable bonds is 6. The number of halogens is 2. The SMILES string of the molecule is CCOC1(C(Cc2cccc(Cl)c2F)NC)CCCC1. The van der Waals surface area contributed by atoms with E-state index in [9.17, 15) is 4.39 Å². The van der Waals surface area contributed by atoms with E-state index < -0.39 is 0 Å². The van der Waals surface area contributed by atoms with E-state index in [1.165, 1.54) is 12.8 Å². The summed E-state index contributed by atoms with van der Waals surface area (Å²) in [6.07, 6.45) is 5.03. The molecule has 0 radical (unpaired) electrons. The second kappa shape index (κ2) is 6.88. The van der Waals surface area contributed by atoms with Gasteiger partial charge in [0.05, 0.1) is 10.6 Å². The third-order valence-corrected chi connectivity index (χ3v) is 4.61. The van der Waals surface area contributed by atoms with Crippen LogP contribution in [-0.2, 0) is 11.2 Å². The Morgan fingerprint density at radius 1 is 1.40 bits per heavy atom. The molecular weight excluding hydrogens is 277 g/mol. The van der Waals surface area contributed by atoms with Crippen LogP contribution in [-0.4, -0.2) is 25.3 Å². The minimum Gasteiger partial charge on any atom is -0.374 e. The van der Waals surface area contributed by atoms with Crippen molar-refractivity contribution in [1.82, 2.24) is 5.32 Å². The van der Waals surface area contributed by atoms with Gasteiger partial charge in [0.1, 0.15) is 5.82 Å². The number of benzene rings is 1. The first-order chi connectivity index (χ1) is 9.63. The highest BCUT2D eigenvalue weighted by Crippen LogP contribution is 2.37. The minimum atomic E-state index is -0.306. The van der Waals surface area contributed by atoms with Crippen molar-refractivity contribution in [2.75, 3.05) is 13.7 Å². The van der Waals surface area contributed by atoms with Gasteiger partial charge in [-0.25, -0.2) is 4.39 Å². The van der Waals surface area contributed by atoms with E-state index in [1.807, 2.05) is 14.0 Å². The van der Waals surface area contributed by atoms with Crippen molar-refractivity contribution in [2.24, 2.45) is 0 Å². The normalized spacial score (nSPS) is 19.2. The van der Waals surface area contributed by atoms with Gasteiger partial charge in [0.15, 0.2) is 0 Å². The minimum absolute atomic E-state index is 0.109. The van der Waals surface area contributed by atoms with Crippen LogP contribution in [0.5, 0.6) is 0 Å². The molecule has 1 aromatic carbocycles. The summed E-state index contributed by atoms with van der Waals surface area (Å²) in [5.41, 5.74) is 0.487. The summed E-state index contributed by atoms with van der Waals surface area (Å²) in [4.78, 5) is 0. The standard InChI is InChI=1S/C16H23ClFNO/c1-3-20-16(9-4-5-10-16)14(19-2)11-12-7-6-8-13(17)15(12)18/h6-8,14,19H,3-5,9-11H2,1-2H3. The number of hydrogen-bond acceptors (Lipinski definition) is 2. The number of nitrogens with one attached hydrogen (secondary N) is 1. The first kappa shape index (κ1) is 15.7. The molecule has 0 heterocycles. The molecule has 1 aliphatic rings. The lowest BCUT2D eigenvalue weighted by Gasteiger charge is -2.37. The zero-order valence-electron chi connectivity index (χ0n) is 12.2. The summed E-state index contributed by atoms with van der Waals surface area (Å²) in [5.74, 6) is -0.306. The molecule has 112 valence electrons. The van der Waals surface area contributed by atoms with Crippen LogP contribution in [0.15, 0.2) is 18.2 Å². The molecule has 1 aromatic rings. The van der Waals surface area contributed by atoms with Crippen molar-refractivity contribution in [3.63, 3.8) is 0 Å². The van der Waals surface area contributed by atoms with Gasteiger partial charge < -0.3 is 10.1 Å². The molecule has 0 spiro atoms. The van der Waals surface area contributed by atoms with Crippen molar-refractivity contribution in [3.8, 4) is 0 Å². The predicted octanol–water partition coefficient (Wildman–Crippen LogP) is 3.96. The van der Waals surface area contributed by atoms with Crippen molar-refractivity contribution in [3.05, 3.63) is 34.6 Å². The molecule has 1 atom stereocenters. The van der Waals surface area contributed by atoms with Gasteiger partial charge in [-0.3, -0.25) is 0 Å². The van der Waals surface area contributed by atoms with E-state index in [4.69, 9.17) is 16.3 Å². The Morgan fingerprint density at radius 2 is 2.10 bits per heavy atom. The van der Waals surface area contributed by atoms with Gasteiger partial charge >= 0.3 is 0 Å². The quantitative estimate of drug-likeness (QED) is 0.858. The third kappa shape index (κ3) is 3.16. The molecule has 20 heavy (non-hydrogen) atoms. The fourth-order valence-electron chi connectivity index (χ4n) is 3.33. The molecule has 4 heteroatoms. The Balaban J connectivity index is 2.21. The molecule has 1 unspecified atom stereocenters. The molecular formula is C16H23ClFNO. The second-order valence-electron chi connectivity index (χ2n) is 5.46. The smallest absolute Gasteiger partial charge is 0.145 e. The molecule has 1 N–H and O–H groups in total. The maximum atomic E-state index is 14.1. The average Bonchev–Trinajstić information content (AvgIpc) is 2.90. The van der Waals surface area contributed by atoms with E-state index >= 15 is 0 Å². The number of ether oxygens (including phenoxy) is 1. The van der Waals surface area contributed by atoms with E-state index in [1.54, 1.807) is 18.2 Å². The Morgan fingerprint density at radius 3 is 2.70 bits per heavy atom. The first-order valence-electron chi connectivity index (χ1n) is 7.37. The van der Waals surface area contributed by atoms with Crippen LogP contribution < -0.4 is 5.32 Å². The Hall–Kier alpha value is -0.640. The van der Waals surface area contributed by atoms with Gasteiger partial charge in [-0.05, 0) is 44.9 Å². The molecule has 1 fully saturated rings. The molecule has 0 aliphatic heterocycles. The molecule has 0 aromatic heterocycles. The van der Waals surface area contributed by atoms with Gasteiger partial charge in [-0.2, -0.15) is 0 Å². The summed E-state index contributed by atoms with van der Waals surface area (Å²) in [6.45, 7) is 2.71. The lowest BCUT2D eigenvalue weighted by molar-refractivity contribution is -0.0598. The van der Waals surface area contributed by atoms with Gasteiger partial charge in [0.25, 0.3) is 0 Å². The zero-order valence-corrected chi connectivity index (χ0v) is 13.0. The molecule has 0 amide bonds. The number of hydrogen-bond donors (Lipinski definition) is 1. The highest BCUT2D eigenvalue weighted by atomic mass is 35.5. The van der Waals surface area contributed by atoms with Gasteiger partial charge in [0, 0.05) is 12.6 Å². The van der Waals surface area contributed by atoms with Crippen molar-refractivity contribution < 1.29 is 9.13 Å². The summed E-state index contributed by atoms with van der Waals surface area (Å²) >= 11 is 5.87. The summed E-state index contributed by atoms with van der Waals surface area (Å²) in [6, 6.07) is 5.30. The summed E-state index contributed by atoms with van der Waals surface area (Å²) < 4.78 is 20.2. The maximum absolute atomic E-state index is 14.1. The van der Waals surface area contributed by atoms with Gasteiger partial charge in [-0.1, -0.05) is 36.6 Å². The molecule has 2 rings (SSSR count). The van der Waals surface area contributed by atoms with Crippen LogP contribution in [0.4, 0.5) is 4.39 Å². The fraction of sp³-hybridized carbons (Fsp3) is 0.625. The predicted molar refractivity (Wildman–Crippen MR) is 80.8 cm³/mol. The van der Waals surface area contributed by atoms with E-state index in [2.05, 4.69) is 5.32 Å². The van der Waals surface area contributed by atoms with Crippen LogP contribution >= 0.6 is 11.6 Å². The zero-order chi connectivity index (χ0) is 14.6. The van der Waals surface area contributed by atoms with Crippen LogP contribution in [0.25, 0.3) is 0 Å². The van der Waals surface area contributed by atoms with Crippen molar-refractivity contribution in [2.45, 2.75) is 50.7 Å². The monoisotopic (exact) mass is 299 g/mol. The third-order valence-electron chi connectivity index (χ3n) is 4.32. The van der Waals surface area contributed by atoms with Crippen molar-refractivity contribution >= 4 is 11.6 Å². The van der Waals surface area contributed by atoms with Crippen LogP contribution in [0, 0.1) is 5.82 Å². The number of likely N-dealkylation sites (N-methyl/N-ethyl adjacent to an activating group) is 1. The highest BCUT2D eigenvalue weighted by Gasteiger charge is 2.41. The van der Waals surface area contributed by atoms with Crippen LogP contribution in [0.3, 0.4) is 0 Å². The maximum Gasteiger partial charge on any atom is 0.145 e. The van der Waals surface area contributed by atoms with Gasteiger partial charge in [0.2, 0.25) is 0 Å². The molecule has 1 aliphatic carbocycles. The summed E-state index contributed by atoms with van der Waals surface area (Å²) in [7, 11) is 1.92. The fourth-order valence-corrected chi connectivity index (χ4v) is 3.53. The van der Waals surface area contributed by atoms with Crippen molar-refractivity contribution in [1.29, 1.82) is 0 Å². The molecule has 1 saturated carbocycles. The Kier molecular flexibility index (Phi) is 5.42. The van der Waals surface area contributed by atoms with E-state index in [0.717, 1.165) is 12.8 Å². The van der Waals surface area contributed by atoms with Gasteiger partial charge in [-0.15, -0.1) is 0 Å².